The van der Waals surface area contributed by atoms with Crippen LogP contribution < -0.4 is 0 Å². The van der Waals surface area contributed by atoms with Gasteiger partial charge in [-0.25, -0.2) is 4.98 Å². The number of rotatable bonds is 1. The minimum absolute atomic E-state index is 0.153. The number of aromatic nitrogens is 1. The summed E-state index contributed by atoms with van der Waals surface area (Å²) < 4.78 is 0. The number of amides is 1. The standard InChI is InChI=1S/C14H20N2OS/c1-10-6-7-16(13-5-3-2-4-11(10)13)14(17)12-8-18-9-15-12/h8-11,13H,2-7H2,1H3. The predicted octanol–water partition coefficient (Wildman–Crippen LogP) is 3.18. The Labute approximate surface area is 112 Å². The summed E-state index contributed by atoms with van der Waals surface area (Å²) in [7, 11) is 0. The third kappa shape index (κ3) is 2.07. The van der Waals surface area contributed by atoms with Crippen molar-refractivity contribution >= 4 is 17.2 Å². The third-order valence-electron chi connectivity index (χ3n) is 4.65. The van der Waals surface area contributed by atoms with E-state index in [1.165, 1.54) is 37.0 Å². The summed E-state index contributed by atoms with van der Waals surface area (Å²) in [5.74, 6) is 1.64. The highest BCUT2D eigenvalue weighted by molar-refractivity contribution is 7.07. The maximum absolute atomic E-state index is 12.5. The minimum Gasteiger partial charge on any atom is -0.334 e. The molecule has 1 aromatic heterocycles. The summed E-state index contributed by atoms with van der Waals surface area (Å²) in [6.45, 7) is 3.27. The van der Waals surface area contributed by atoms with Gasteiger partial charge >= 0.3 is 0 Å². The zero-order valence-electron chi connectivity index (χ0n) is 10.8. The number of thiazole rings is 1. The first-order valence-electron chi connectivity index (χ1n) is 6.96. The Hall–Kier alpha value is -0.900. The molecule has 1 aliphatic heterocycles. The number of carbonyl (C=O) groups excluding carboxylic acids is 1. The number of fused-ring (bicyclic) bond motifs is 1. The Morgan fingerprint density at radius 2 is 2.22 bits per heavy atom. The van der Waals surface area contributed by atoms with E-state index < -0.39 is 0 Å². The molecule has 3 nitrogen and oxygen atoms in total. The molecule has 0 radical (unpaired) electrons. The van der Waals surface area contributed by atoms with Gasteiger partial charge in [-0.2, -0.15) is 0 Å². The minimum atomic E-state index is 0.153. The molecule has 3 atom stereocenters. The Morgan fingerprint density at radius 3 is 3.00 bits per heavy atom. The van der Waals surface area contributed by atoms with Gasteiger partial charge < -0.3 is 4.90 Å². The molecule has 2 aliphatic rings. The number of hydrogen-bond donors (Lipinski definition) is 0. The van der Waals surface area contributed by atoms with Crippen LogP contribution in [0, 0.1) is 11.8 Å². The lowest BCUT2D eigenvalue weighted by atomic mass is 9.72. The maximum atomic E-state index is 12.5. The van der Waals surface area contributed by atoms with Gasteiger partial charge in [-0.1, -0.05) is 19.8 Å². The summed E-state index contributed by atoms with van der Waals surface area (Å²) >= 11 is 1.50. The number of nitrogens with zero attached hydrogens (tertiary/aromatic N) is 2. The Bertz CT molecular complexity index is 417. The van der Waals surface area contributed by atoms with E-state index in [4.69, 9.17) is 0 Å². The molecule has 1 saturated carbocycles. The van der Waals surface area contributed by atoms with Crippen LogP contribution >= 0.6 is 11.3 Å². The van der Waals surface area contributed by atoms with E-state index in [0.29, 0.717) is 11.7 Å². The Morgan fingerprint density at radius 1 is 1.39 bits per heavy atom. The van der Waals surface area contributed by atoms with Crippen molar-refractivity contribution in [2.75, 3.05) is 6.54 Å². The first-order chi connectivity index (χ1) is 8.77. The lowest BCUT2D eigenvalue weighted by Crippen LogP contribution is -2.52. The lowest BCUT2D eigenvalue weighted by molar-refractivity contribution is 0.0214. The fraction of sp³-hybridized carbons (Fsp3) is 0.714. The molecular weight excluding hydrogens is 244 g/mol. The quantitative estimate of drug-likeness (QED) is 0.780. The summed E-state index contributed by atoms with van der Waals surface area (Å²) in [6, 6.07) is 0.469. The highest BCUT2D eigenvalue weighted by Crippen LogP contribution is 2.39. The first-order valence-corrected chi connectivity index (χ1v) is 7.91. The molecular formula is C14H20N2OS. The molecule has 1 saturated heterocycles. The fourth-order valence-electron chi connectivity index (χ4n) is 3.63. The van der Waals surface area contributed by atoms with Crippen LogP contribution in [0.2, 0.25) is 0 Å². The van der Waals surface area contributed by atoms with Crippen LogP contribution in [0.4, 0.5) is 0 Å². The van der Waals surface area contributed by atoms with E-state index in [1.54, 1.807) is 5.51 Å². The second-order valence-corrected chi connectivity index (χ2v) is 6.37. The average Bonchev–Trinajstić information content (AvgIpc) is 2.93. The highest BCUT2D eigenvalue weighted by Gasteiger charge is 2.39. The summed E-state index contributed by atoms with van der Waals surface area (Å²) in [5, 5.41) is 1.87. The maximum Gasteiger partial charge on any atom is 0.273 e. The van der Waals surface area contributed by atoms with E-state index in [9.17, 15) is 4.79 Å². The first kappa shape index (κ1) is 12.2. The number of likely N-dealkylation sites (tertiary alicyclic amines) is 1. The van der Waals surface area contributed by atoms with Gasteiger partial charge in [0.1, 0.15) is 5.69 Å². The number of piperidine rings is 1. The molecule has 3 rings (SSSR count). The topological polar surface area (TPSA) is 33.2 Å². The van der Waals surface area contributed by atoms with Crippen molar-refractivity contribution in [3.63, 3.8) is 0 Å². The third-order valence-corrected chi connectivity index (χ3v) is 5.24. The van der Waals surface area contributed by atoms with Crippen LogP contribution in [0.3, 0.4) is 0 Å². The smallest absolute Gasteiger partial charge is 0.273 e. The van der Waals surface area contributed by atoms with Crippen molar-refractivity contribution in [1.29, 1.82) is 0 Å². The Balaban J connectivity index is 1.81. The highest BCUT2D eigenvalue weighted by atomic mass is 32.1. The molecule has 18 heavy (non-hydrogen) atoms. The summed E-state index contributed by atoms with van der Waals surface area (Å²) in [6.07, 6.45) is 6.24. The monoisotopic (exact) mass is 264 g/mol. The summed E-state index contributed by atoms with van der Waals surface area (Å²) in [5.41, 5.74) is 2.39. The van der Waals surface area contributed by atoms with Crippen LogP contribution in [-0.2, 0) is 0 Å². The lowest BCUT2D eigenvalue weighted by Gasteiger charge is -2.47. The van der Waals surface area contributed by atoms with Gasteiger partial charge in [-0.15, -0.1) is 11.3 Å². The molecule has 0 aromatic carbocycles. The number of hydrogen-bond acceptors (Lipinski definition) is 3. The van der Waals surface area contributed by atoms with E-state index in [0.717, 1.165) is 24.8 Å². The molecule has 2 heterocycles. The molecule has 3 unspecified atom stereocenters. The van der Waals surface area contributed by atoms with Gasteiger partial charge in [0, 0.05) is 18.0 Å². The zero-order valence-corrected chi connectivity index (χ0v) is 11.7. The van der Waals surface area contributed by atoms with E-state index in [2.05, 4.69) is 16.8 Å². The van der Waals surface area contributed by atoms with Gasteiger partial charge in [0.15, 0.2) is 0 Å². The van der Waals surface area contributed by atoms with Gasteiger partial charge in [-0.05, 0) is 31.1 Å². The molecule has 0 spiro atoms. The summed E-state index contributed by atoms with van der Waals surface area (Å²) in [4.78, 5) is 18.8. The average molecular weight is 264 g/mol. The molecule has 1 amide bonds. The van der Waals surface area contributed by atoms with Gasteiger partial charge in [0.25, 0.3) is 5.91 Å². The van der Waals surface area contributed by atoms with Crippen molar-refractivity contribution in [3.05, 3.63) is 16.6 Å². The molecule has 4 heteroatoms. The van der Waals surface area contributed by atoms with E-state index in [1.807, 2.05) is 5.38 Å². The van der Waals surface area contributed by atoms with Crippen molar-refractivity contribution in [3.8, 4) is 0 Å². The van der Waals surface area contributed by atoms with Crippen LogP contribution in [-0.4, -0.2) is 28.4 Å². The van der Waals surface area contributed by atoms with Crippen LogP contribution in [0.1, 0.15) is 49.5 Å². The van der Waals surface area contributed by atoms with Gasteiger partial charge in [0.05, 0.1) is 5.51 Å². The Kier molecular flexibility index (Phi) is 3.37. The van der Waals surface area contributed by atoms with Gasteiger partial charge in [-0.3, -0.25) is 4.79 Å². The SMILES string of the molecule is CC1CCN(C(=O)c2cscn2)C2CCCCC12. The van der Waals surface area contributed by atoms with Crippen LogP contribution in [0.15, 0.2) is 10.9 Å². The fourth-order valence-corrected chi connectivity index (χ4v) is 4.16. The predicted molar refractivity (Wildman–Crippen MR) is 72.7 cm³/mol. The second-order valence-electron chi connectivity index (χ2n) is 5.65. The zero-order chi connectivity index (χ0) is 12.5. The molecule has 0 N–H and O–H groups in total. The molecule has 2 fully saturated rings. The van der Waals surface area contributed by atoms with Crippen molar-refractivity contribution in [2.45, 2.75) is 45.1 Å². The van der Waals surface area contributed by atoms with E-state index >= 15 is 0 Å². The molecule has 1 aromatic rings. The molecule has 98 valence electrons. The van der Waals surface area contributed by atoms with Crippen LogP contribution in [0.5, 0.6) is 0 Å². The molecule has 0 bridgehead atoms. The van der Waals surface area contributed by atoms with Crippen molar-refractivity contribution in [1.82, 2.24) is 9.88 Å². The van der Waals surface area contributed by atoms with Crippen molar-refractivity contribution in [2.24, 2.45) is 11.8 Å². The second kappa shape index (κ2) is 5.00. The van der Waals surface area contributed by atoms with Crippen molar-refractivity contribution < 1.29 is 4.79 Å². The largest absolute Gasteiger partial charge is 0.334 e. The molecule has 1 aliphatic carbocycles. The normalized spacial score (nSPS) is 32.1. The van der Waals surface area contributed by atoms with E-state index in [-0.39, 0.29) is 5.91 Å². The number of carbonyl (C=O) groups is 1. The van der Waals surface area contributed by atoms with Crippen LogP contribution in [0.25, 0.3) is 0 Å². The van der Waals surface area contributed by atoms with Gasteiger partial charge in [0.2, 0.25) is 0 Å².